The molecule has 0 unspecified atom stereocenters. The first-order valence-corrected chi connectivity index (χ1v) is 6.26. The Morgan fingerprint density at radius 2 is 1.86 bits per heavy atom. The van der Waals surface area contributed by atoms with Crippen molar-refractivity contribution in [1.82, 2.24) is 14.8 Å². The number of benzene rings is 1. The Morgan fingerprint density at radius 3 is 2.52 bits per heavy atom. The van der Waals surface area contributed by atoms with Gasteiger partial charge < -0.3 is 5.73 Å². The van der Waals surface area contributed by atoms with Crippen LogP contribution in [-0.4, -0.2) is 39.7 Å². The van der Waals surface area contributed by atoms with Gasteiger partial charge in [-0.05, 0) is 12.1 Å². The van der Waals surface area contributed by atoms with Gasteiger partial charge in [-0.25, -0.2) is 9.78 Å². The second-order valence-electron chi connectivity index (χ2n) is 4.76. The lowest BCUT2D eigenvalue weighted by Gasteiger charge is -2.14. The number of nitrogens with zero attached hydrogens (tertiary/aromatic N) is 3. The van der Waals surface area contributed by atoms with E-state index in [2.05, 4.69) is 4.98 Å². The van der Waals surface area contributed by atoms with E-state index in [9.17, 15) is 14.4 Å². The normalized spacial score (nSPS) is 15.4. The van der Waals surface area contributed by atoms with E-state index in [-0.39, 0.29) is 12.4 Å². The Balaban J connectivity index is 1.98. The largest absolute Gasteiger partial charge is 0.383 e. The summed E-state index contributed by atoms with van der Waals surface area (Å²) in [5.74, 6) is -1.46. The van der Waals surface area contributed by atoms with E-state index in [0.717, 1.165) is 20.7 Å². The molecule has 1 aliphatic heterocycles. The third-order valence-electron chi connectivity index (χ3n) is 3.42. The molecule has 4 amide bonds. The Bertz CT molecular complexity index is 787. The molecule has 7 heteroatoms. The molecule has 0 atom stereocenters. The van der Waals surface area contributed by atoms with Gasteiger partial charge in [0.1, 0.15) is 5.82 Å². The molecule has 1 saturated heterocycles. The van der Waals surface area contributed by atoms with Crippen LogP contribution in [0.3, 0.4) is 0 Å². The van der Waals surface area contributed by atoms with Gasteiger partial charge in [-0.3, -0.25) is 19.4 Å². The molecule has 0 saturated carbocycles. The minimum absolute atomic E-state index is 0.0720. The predicted molar refractivity (Wildman–Crippen MR) is 74.9 cm³/mol. The van der Waals surface area contributed by atoms with E-state index >= 15 is 0 Å². The maximum atomic E-state index is 11.9. The number of nitrogen functional groups attached to an aromatic ring is 1. The van der Waals surface area contributed by atoms with Gasteiger partial charge in [0, 0.05) is 18.0 Å². The van der Waals surface area contributed by atoms with Gasteiger partial charge in [0.2, 0.25) is 0 Å². The lowest BCUT2D eigenvalue weighted by atomic mass is 10.1. The molecule has 0 radical (unpaired) electrons. The van der Waals surface area contributed by atoms with Crippen LogP contribution in [0.2, 0.25) is 0 Å². The summed E-state index contributed by atoms with van der Waals surface area (Å²) in [6.45, 7) is -0.0720. The van der Waals surface area contributed by atoms with E-state index in [1.54, 1.807) is 6.07 Å². The van der Waals surface area contributed by atoms with Crippen molar-refractivity contribution in [2.24, 2.45) is 0 Å². The van der Waals surface area contributed by atoms with E-state index < -0.39 is 17.8 Å². The summed E-state index contributed by atoms with van der Waals surface area (Å²) >= 11 is 0. The standard InChI is InChI=1S/C14H12N4O3/c1-17-12(19)13(20)18(14(17)21)7-9-6-8-4-2-3-5-10(8)16-11(9)15/h2-6H,7H2,1H3,(H2,15,16). The lowest BCUT2D eigenvalue weighted by molar-refractivity contribution is -0.143. The summed E-state index contributed by atoms with van der Waals surface area (Å²) in [6.07, 6.45) is 0. The molecule has 21 heavy (non-hydrogen) atoms. The molecule has 0 bridgehead atoms. The number of pyridine rings is 1. The second-order valence-corrected chi connectivity index (χ2v) is 4.76. The Kier molecular flexibility index (Phi) is 2.83. The number of para-hydroxylation sites is 1. The third-order valence-corrected chi connectivity index (χ3v) is 3.42. The van der Waals surface area contributed by atoms with Gasteiger partial charge in [-0.1, -0.05) is 18.2 Å². The number of aromatic nitrogens is 1. The van der Waals surface area contributed by atoms with E-state index in [0.29, 0.717) is 5.56 Å². The number of hydrogen-bond donors (Lipinski definition) is 1. The van der Waals surface area contributed by atoms with Crippen molar-refractivity contribution < 1.29 is 14.4 Å². The first-order valence-electron chi connectivity index (χ1n) is 6.26. The zero-order valence-electron chi connectivity index (χ0n) is 11.2. The lowest BCUT2D eigenvalue weighted by Crippen LogP contribution is -2.31. The van der Waals surface area contributed by atoms with Crippen molar-refractivity contribution in [1.29, 1.82) is 0 Å². The Hall–Kier alpha value is -2.96. The SMILES string of the molecule is CN1C(=O)C(=O)N(Cc2cc3ccccc3nc2N)C1=O. The maximum Gasteiger partial charge on any atom is 0.334 e. The molecule has 1 fully saturated rings. The molecule has 1 aromatic heterocycles. The Labute approximate surface area is 119 Å². The molecule has 1 aromatic carbocycles. The predicted octanol–water partition coefficient (Wildman–Crippen LogP) is 0.738. The first kappa shape index (κ1) is 13.0. The number of carbonyl (C=O) groups excluding carboxylic acids is 3. The number of amides is 4. The number of fused-ring (bicyclic) bond motifs is 1. The zero-order chi connectivity index (χ0) is 15.1. The number of urea groups is 1. The summed E-state index contributed by atoms with van der Waals surface area (Å²) in [5, 5.41) is 0.848. The molecule has 7 nitrogen and oxygen atoms in total. The molecular weight excluding hydrogens is 272 g/mol. The smallest absolute Gasteiger partial charge is 0.334 e. The summed E-state index contributed by atoms with van der Waals surface area (Å²) in [6, 6.07) is 8.48. The topological polar surface area (TPSA) is 96.6 Å². The van der Waals surface area contributed by atoms with Crippen LogP contribution < -0.4 is 5.73 Å². The van der Waals surface area contributed by atoms with Gasteiger partial charge in [0.05, 0.1) is 12.1 Å². The van der Waals surface area contributed by atoms with Crippen LogP contribution in [0.15, 0.2) is 30.3 Å². The highest BCUT2D eigenvalue weighted by Crippen LogP contribution is 2.22. The summed E-state index contributed by atoms with van der Waals surface area (Å²) in [5.41, 5.74) is 7.12. The quantitative estimate of drug-likeness (QED) is 0.648. The van der Waals surface area contributed by atoms with Crippen LogP contribution in [0.4, 0.5) is 10.6 Å². The maximum absolute atomic E-state index is 11.9. The number of likely N-dealkylation sites (N-methyl/N-ethyl adjacent to an activating group) is 1. The van der Waals surface area contributed by atoms with Gasteiger partial charge in [-0.15, -0.1) is 0 Å². The second kappa shape index (κ2) is 4.55. The van der Waals surface area contributed by atoms with Crippen molar-refractivity contribution in [2.45, 2.75) is 6.54 Å². The Morgan fingerprint density at radius 1 is 1.14 bits per heavy atom. The van der Waals surface area contributed by atoms with Gasteiger partial charge in [0.15, 0.2) is 0 Å². The monoisotopic (exact) mass is 284 g/mol. The van der Waals surface area contributed by atoms with E-state index in [1.165, 1.54) is 7.05 Å². The number of rotatable bonds is 2. The number of carbonyl (C=O) groups is 3. The summed E-state index contributed by atoms with van der Waals surface area (Å²) in [4.78, 5) is 41.0. The molecule has 2 heterocycles. The van der Waals surface area contributed by atoms with Crippen molar-refractivity contribution >= 4 is 34.6 Å². The van der Waals surface area contributed by atoms with E-state index in [4.69, 9.17) is 5.73 Å². The molecule has 1 aliphatic rings. The van der Waals surface area contributed by atoms with Crippen LogP contribution in [0.1, 0.15) is 5.56 Å². The van der Waals surface area contributed by atoms with Crippen LogP contribution in [-0.2, 0) is 16.1 Å². The number of anilines is 1. The van der Waals surface area contributed by atoms with Gasteiger partial charge >= 0.3 is 17.8 Å². The molecule has 2 N–H and O–H groups in total. The highest BCUT2D eigenvalue weighted by atomic mass is 16.2. The summed E-state index contributed by atoms with van der Waals surface area (Å²) in [7, 11) is 1.27. The van der Waals surface area contributed by atoms with Gasteiger partial charge in [-0.2, -0.15) is 0 Å². The minimum Gasteiger partial charge on any atom is -0.383 e. The highest BCUT2D eigenvalue weighted by Gasteiger charge is 2.42. The molecule has 2 aromatic rings. The van der Waals surface area contributed by atoms with Crippen molar-refractivity contribution in [3.05, 3.63) is 35.9 Å². The van der Waals surface area contributed by atoms with Gasteiger partial charge in [0.25, 0.3) is 0 Å². The van der Waals surface area contributed by atoms with Crippen LogP contribution in [0.25, 0.3) is 10.9 Å². The molecular formula is C14H12N4O3. The van der Waals surface area contributed by atoms with Crippen LogP contribution in [0, 0.1) is 0 Å². The molecule has 0 spiro atoms. The number of imide groups is 2. The fraction of sp³-hybridized carbons (Fsp3) is 0.143. The average Bonchev–Trinajstić information content (AvgIpc) is 2.66. The fourth-order valence-electron chi connectivity index (χ4n) is 2.22. The molecule has 3 rings (SSSR count). The van der Waals surface area contributed by atoms with Crippen molar-refractivity contribution in [3.63, 3.8) is 0 Å². The van der Waals surface area contributed by atoms with E-state index in [1.807, 2.05) is 24.3 Å². The average molecular weight is 284 g/mol. The van der Waals surface area contributed by atoms with Crippen LogP contribution in [0.5, 0.6) is 0 Å². The number of nitrogens with two attached hydrogens (primary N) is 1. The third kappa shape index (κ3) is 1.99. The highest BCUT2D eigenvalue weighted by molar-refractivity contribution is 6.44. The molecule has 106 valence electrons. The first-order chi connectivity index (χ1) is 9.99. The summed E-state index contributed by atoms with van der Waals surface area (Å²) < 4.78 is 0. The fourth-order valence-corrected chi connectivity index (χ4v) is 2.22. The van der Waals surface area contributed by atoms with Crippen molar-refractivity contribution in [3.8, 4) is 0 Å². The molecule has 0 aliphatic carbocycles. The number of hydrogen-bond acceptors (Lipinski definition) is 5. The van der Waals surface area contributed by atoms with Crippen LogP contribution >= 0.6 is 0 Å². The van der Waals surface area contributed by atoms with Crippen molar-refractivity contribution in [2.75, 3.05) is 12.8 Å². The zero-order valence-corrected chi connectivity index (χ0v) is 11.2. The minimum atomic E-state index is -0.852.